The lowest BCUT2D eigenvalue weighted by Crippen LogP contribution is -2.09. The van der Waals surface area contributed by atoms with Crippen LogP contribution in [0.5, 0.6) is 0 Å². The molecule has 13 heavy (non-hydrogen) atoms. The van der Waals surface area contributed by atoms with Gasteiger partial charge in [-0.1, -0.05) is 36.8 Å². The van der Waals surface area contributed by atoms with Crippen LogP contribution in [0.15, 0.2) is 35.5 Å². The highest BCUT2D eigenvalue weighted by atomic mass is 19.4. The topological polar surface area (TPSA) is 0 Å². The number of hydrogen-bond acceptors (Lipinski definition) is 0. The Morgan fingerprint density at radius 1 is 1.38 bits per heavy atom. The summed E-state index contributed by atoms with van der Waals surface area (Å²) in [7, 11) is 0. The summed E-state index contributed by atoms with van der Waals surface area (Å²) in [5.41, 5.74) is 0.260. The van der Waals surface area contributed by atoms with Crippen LogP contribution in [0, 0.1) is 0 Å². The van der Waals surface area contributed by atoms with Crippen molar-refractivity contribution in [2.75, 3.05) is 0 Å². The van der Waals surface area contributed by atoms with Gasteiger partial charge in [-0.15, -0.1) is 0 Å². The van der Waals surface area contributed by atoms with Gasteiger partial charge in [0.2, 0.25) is 0 Å². The lowest BCUT2D eigenvalue weighted by atomic mass is 10.1. The molecule has 0 bridgehead atoms. The molecule has 1 aliphatic carbocycles. The van der Waals surface area contributed by atoms with E-state index in [1.165, 1.54) is 12.2 Å². The van der Waals surface area contributed by atoms with Crippen molar-refractivity contribution in [3.63, 3.8) is 0 Å². The predicted molar refractivity (Wildman–Crippen MR) is 46.3 cm³/mol. The Kier molecular flexibility index (Phi) is 2.96. The molecule has 0 N–H and O–H groups in total. The van der Waals surface area contributed by atoms with Crippen molar-refractivity contribution in [2.24, 2.45) is 0 Å². The Bertz CT molecular complexity index is 266. The monoisotopic (exact) mass is 188 g/mol. The Hall–Kier alpha value is -0.990. The van der Waals surface area contributed by atoms with Gasteiger partial charge in [0.25, 0.3) is 0 Å². The molecule has 0 aromatic carbocycles. The minimum atomic E-state index is -4.23. The lowest BCUT2D eigenvalue weighted by Gasteiger charge is -2.07. The second kappa shape index (κ2) is 3.81. The van der Waals surface area contributed by atoms with Gasteiger partial charge in [0, 0.05) is 0 Å². The van der Waals surface area contributed by atoms with E-state index in [1.807, 2.05) is 6.92 Å². The first kappa shape index (κ1) is 10.1. The Labute approximate surface area is 75.4 Å². The SMILES string of the molecule is CCC1=CC(C(F)(F)F)=CC=CC1. The summed E-state index contributed by atoms with van der Waals surface area (Å²) in [6, 6.07) is 0. The fraction of sp³-hybridized carbons (Fsp3) is 0.400. The highest BCUT2D eigenvalue weighted by Crippen LogP contribution is 2.29. The van der Waals surface area contributed by atoms with Gasteiger partial charge in [-0.25, -0.2) is 0 Å². The maximum atomic E-state index is 12.3. The van der Waals surface area contributed by atoms with Gasteiger partial charge in [0.15, 0.2) is 0 Å². The van der Waals surface area contributed by atoms with Gasteiger partial charge in [0.05, 0.1) is 5.57 Å². The molecule has 0 saturated carbocycles. The second-order valence-corrected chi connectivity index (χ2v) is 2.91. The third kappa shape index (κ3) is 2.76. The highest BCUT2D eigenvalue weighted by molar-refractivity contribution is 5.34. The van der Waals surface area contributed by atoms with Gasteiger partial charge in [-0.2, -0.15) is 13.2 Å². The Morgan fingerprint density at radius 2 is 2.08 bits per heavy atom. The summed E-state index contributed by atoms with van der Waals surface area (Å²) >= 11 is 0. The molecule has 0 aromatic rings. The highest BCUT2D eigenvalue weighted by Gasteiger charge is 2.31. The molecular weight excluding hydrogens is 177 g/mol. The average molecular weight is 188 g/mol. The van der Waals surface area contributed by atoms with Gasteiger partial charge < -0.3 is 0 Å². The summed E-state index contributed by atoms with van der Waals surface area (Å²) < 4.78 is 36.9. The normalized spacial score (nSPS) is 17.8. The van der Waals surface area contributed by atoms with Gasteiger partial charge in [0.1, 0.15) is 0 Å². The van der Waals surface area contributed by atoms with Crippen molar-refractivity contribution >= 4 is 0 Å². The van der Waals surface area contributed by atoms with E-state index < -0.39 is 11.7 Å². The molecule has 0 aliphatic heterocycles. The third-order valence-electron chi connectivity index (χ3n) is 1.93. The summed E-state index contributed by atoms with van der Waals surface area (Å²) in [5.74, 6) is 0. The van der Waals surface area contributed by atoms with E-state index in [2.05, 4.69) is 0 Å². The van der Waals surface area contributed by atoms with Crippen molar-refractivity contribution in [3.05, 3.63) is 35.5 Å². The van der Waals surface area contributed by atoms with E-state index in [1.54, 1.807) is 6.08 Å². The van der Waals surface area contributed by atoms with E-state index in [9.17, 15) is 13.2 Å². The number of hydrogen-bond donors (Lipinski definition) is 0. The molecule has 3 heteroatoms. The molecule has 1 aliphatic rings. The van der Waals surface area contributed by atoms with Crippen molar-refractivity contribution in [1.82, 2.24) is 0 Å². The molecule has 0 nitrogen and oxygen atoms in total. The molecule has 0 amide bonds. The van der Waals surface area contributed by atoms with E-state index in [-0.39, 0.29) is 0 Å². The van der Waals surface area contributed by atoms with Gasteiger partial charge in [-0.05, 0) is 12.8 Å². The number of halogens is 3. The molecule has 0 aromatic heterocycles. The quantitative estimate of drug-likeness (QED) is 0.587. The first-order valence-electron chi connectivity index (χ1n) is 4.17. The molecule has 1 rings (SSSR count). The van der Waals surface area contributed by atoms with Crippen LogP contribution in [0.1, 0.15) is 19.8 Å². The molecular formula is C10H11F3. The van der Waals surface area contributed by atoms with Crippen LogP contribution in [-0.2, 0) is 0 Å². The van der Waals surface area contributed by atoms with E-state index in [0.717, 1.165) is 11.6 Å². The molecule has 0 unspecified atom stereocenters. The lowest BCUT2D eigenvalue weighted by molar-refractivity contribution is -0.0882. The molecule has 0 heterocycles. The van der Waals surface area contributed by atoms with Crippen LogP contribution in [0.4, 0.5) is 13.2 Å². The fourth-order valence-electron chi connectivity index (χ4n) is 1.14. The summed E-state index contributed by atoms with van der Waals surface area (Å²) in [4.78, 5) is 0. The second-order valence-electron chi connectivity index (χ2n) is 2.91. The maximum absolute atomic E-state index is 12.3. The zero-order chi connectivity index (χ0) is 9.90. The summed E-state index contributed by atoms with van der Waals surface area (Å²) in [6.45, 7) is 1.86. The zero-order valence-electron chi connectivity index (χ0n) is 7.36. The van der Waals surface area contributed by atoms with Crippen molar-refractivity contribution in [3.8, 4) is 0 Å². The molecule has 0 fully saturated rings. The fourth-order valence-corrected chi connectivity index (χ4v) is 1.14. The minimum absolute atomic E-state index is 0.557. The number of alkyl halides is 3. The third-order valence-corrected chi connectivity index (χ3v) is 1.93. The minimum Gasteiger partial charge on any atom is -0.166 e. The van der Waals surface area contributed by atoms with Crippen molar-refractivity contribution < 1.29 is 13.2 Å². The summed E-state index contributed by atoms with van der Waals surface area (Å²) in [5, 5.41) is 0. The van der Waals surface area contributed by atoms with Crippen LogP contribution < -0.4 is 0 Å². The number of allylic oxidation sites excluding steroid dienone is 6. The largest absolute Gasteiger partial charge is 0.416 e. The molecule has 0 radical (unpaired) electrons. The van der Waals surface area contributed by atoms with Crippen molar-refractivity contribution in [1.29, 1.82) is 0 Å². The van der Waals surface area contributed by atoms with Crippen LogP contribution in [0.25, 0.3) is 0 Å². The van der Waals surface area contributed by atoms with Crippen LogP contribution in [-0.4, -0.2) is 6.18 Å². The van der Waals surface area contributed by atoms with Crippen LogP contribution in [0.3, 0.4) is 0 Å². The smallest absolute Gasteiger partial charge is 0.166 e. The zero-order valence-corrected chi connectivity index (χ0v) is 7.36. The standard InChI is InChI=1S/C10H11F3/c1-2-8-5-3-4-6-9(7-8)10(11,12)13/h3-4,6-7H,2,5H2,1H3. The van der Waals surface area contributed by atoms with Gasteiger partial charge >= 0.3 is 6.18 Å². The number of rotatable bonds is 1. The van der Waals surface area contributed by atoms with Crippen molar-refractivity contribution in [2.45, 2.75) is 25.9 Å². The van der Waals surface area contributed by atoms with E-state index >= 15 is 0 Å². The molecule has 0 saturated heterocycles. The summed E-state index contributed by atoms with van der Waals surface area (Å²) in [6.07, 6.45) is 2.61. The van der Waals surface area contributed by atoms with Gasteiger partial charge in [-0.3, -0.25) is 0 Å². The average Bonchev–Trinajstić information content (AvgIpc) is 2.27. The Morgan fingerprint density at radius 3 is 2.62 bits per heavy atom. The Balaban J connectivity index is 2.95. The molecule has 72 valence electrons. The van der Waals surface area contributed by atoms with E-state index in [4.69, 9.17) is 0 Å². The first-order chi connectivity index (χ1) is 6.04. The maximum Gasteiger partial charge on any atom is 0.416 e. The van der Waals surface area contributed by atoms with Crippen LogP contribution in [0.2, 0.25) is 0 Å². The molecule has 0 atom stereocenters. The van der Waals surface area contributed by atoms with Crippen LogP contribution >= 0.6 is 0 Å². The first-order valence-corrected chi connectivity index (χ1v) is 4.17. The molecule has 0 spiro atoms. The van der Waals surface area contributed by atoms with E-state index in [0.29, 0.717) is 12.8 Å². The predicted octanol–water partition coefficient (Wildman–Crippen LogP) is 3.77.